The van der Waals surface area contributed by atoms with Gasteiger partial charge in [-0.1, -0.05) is 0 Å². The summed E-state index contributed by atoms with van der Waals surface area (Å²) in [5.41, 5.74) is 5.16. The quantitative estimate of drug-likeness (QED) is 0.740. The third-order valence-corrected chi connectivity index (χ3v) is 2.50. The topological polar surface area (TPSA) is 66.5 Å². The number of aliphatic hydroxyl groups excluding tert-OH is 1. The number of phenols is 1. The summed E-state index contributed by atoms with van der Waals surface area (Å²) in [7, 11) is 0. The second kappa shape index (κ2) is 4.04. The van der Waals surface area contributed by atoms with E-state index in [9.17, 15) is 14.6 Å². The Morgan fingerprint density at radius 3 is 2.69 bits per heavy atom. The summed E-state index contributed by atoms with van der Waals surface area (Å²) < 4.78 is 13.3. The average molecular weight is 250 g/mol. The van der Waals surface area contributed by atoms with E-state index in [2.05, 4.69) is 15.9 Å². The predicted molar refractivity (Wildman–Crippen MR) is 49.8 cm³/mol. The fraction of sp³-hybridized carbons (Fsp3) is 0.250. The van der Waals surface area contributed by atoms with Crippen LogP contribution >= 0.6 is 15.9 Å². The van der Waals surface area contributed by atoms with Crippen molar-refractivity contribution in [3.8, 4) is 5.75 Å². The summed E-state index contributed by atoms with van der Waals surface area (Å²) in [6.07, 6.45) is -1.11. The van der Waals surface area contributed by atoms with Crippen molar-refractivity contribution in [3.63, 3.8) is 0 Å². The van der Waals surface area contributed by atoms with Gasteiger partial charge in [0.25, 0.3) is 0 Å². The number of halogens is 2. The third kappa shape index (κ3) is 1.99. The largest absolute Gasteiger partial charge is 0.507 e. The summed E-state index contributed by atoms with van der Waals surface area (Å²) >= 11 is 2.97. The summed E-state index contributed by atoms with van der Waals surface area (Å²) in [5, 5.41) is 18.5. The maximum atomic E-state index is 13.1. The zero-order chi connectivity index (χ0) is 10.0. The Labute approximate surface area is 83.1 Å². The van der Waals surface area contributed by atoms with E-state index in [1.807, 2.05) is 0 Å². The van der Waals surface area contributed by atoms with Crippen molar-refractivity contribution in [2.24, 2.45) is 5.73 Å². The molecule has 1 unspecified atom stereocenters. The molecule has 0 spiro atoms. The van der Waals surface area contributed by atoms with Gasteiger partial charge in [-0.15, -0.1) is 0 Å². The van der Waals surface area contributed by atoms with Crippen LogP contribution in [-0.4, -0.2) is 16.8 Å². The molecule has 1 aromatic carbocycles. The fourth-order valence-corrected chi connectivity index (χ4v) is 1.57. The maximum Gasteiger partial charge on any atom is 0.130 e. The van der Waals surface area contributed by atoms with E-state index >= 15 is 0 Å². The minimum absolute atomic E-state index is 0.0116. The molecule has 0 bridgehead atoms. The lowest BCUT2D eigenvalue weighted by molar-refractivity contribution is 0.180. The van der Waals surface area contributed by atoms with E-state index in [4.69, 9.17) is 5.73 Å². The van der Waals surface area contributed by atoms with E-state index in [1.54, 1.807) is 0 Å². The molecule has 72 valence electrons. The van der Waals surface area contributed by atoms with Gasteiger partial charge in [0, 0.05) is 12.1 Å². The van der Waals surface area contributed by atoms with Crippen LogP contribution in [0.15, 0.2) is 16.6 Å². The molecule has 1 atom stereocenters. The zero-order valence-electron chi connectivity index (χ0n) is 6.67. The van der Waals surface area contributed by atoms with E-state index < -0.39 is 11.9 Å². The zero-order valence-corrected chi connectivity index (χ0v) is 8.25. The minimum atomic E-state index is -1.11. The van der Waals surface area contributed by atoms with Crippen LogP contribution < -0.4 is 5.73 Å². The Hall–Kier alpha value is -0.650. The summed E-state index contributed by atoms with van der Waals surface area (Å²) in [6, 6.07) is 2.28. The number of benzene rings is 1. The van der Waals surface area contributed by atoms with Gasteiger partial charge in [0.05, 0.1) is 10.6 Å². The Balaban J connectivity index is 3.25. The van der Waals surface area contributed by atoms with Crippen LogP contribution in [0.2, 0.25) is 0 Å². The number of nitrogens with two attached hydrogens (primary N) is 1. The normalized spacial score (nSPS) is 12.9. The third-order valence-electron chi connectivity index (χ3n) is 1.66. The number of aromatic hydroxyl groups is 1. The first kappa shape index (κ1) is 10.4. The van der Waals surface area contributed by atoms with Gasteiger partial charge in [0.1, 0.15) is 11.6 Å². The van der Waals surface area contributed by atoms with Crippen molar-refractivity contribution in [1.29, 1.82) is 0 Å². The van der Waals surface area contributed by atoms with E-state index in [0.29, 0.717) is 0 Å². The molecule has 5 heteroatoms. The molecule has 1 aromatic rings. The highest BCUT2D eigenvalue weighted by molar-refractivity contribution is 9.10. The summed E-state index contributed by atoms with van der Waals surface area (Å²) in [6.45, 7) is -0.0982. The molecule has 0 aromatic heterocycles. The molecule has 4 N–H and O–H groups in total. The Bertz CT molecular complexity index is 319. The molecule has 13 heavy (non-hydrogen) atoms. The van der Waals surface area contributed by atoms with Crippen LogP contribution in [0.4, 0.5) is 4.39 Å². The molecular formula is C8H9BrFNO2. The summed E-state index contributed by atoms with van der Waals surface area (Å²) in [5.74, 6) is -0.716. The standard InChI is InChI=1S/C8H9BrFNO2/c9-8-5(12)2-1-4(10)7(8)6(13)3-11/h1-2,6,12-13H,3,11H2. The molecule has 3 nitrogen and oxygen atoms in total. The van der Waals surface area contributed by atoms with Crippen molar-refractivity contribution in [2.75, 3.05) is 6.54 Å². The van der Waals surface area contributed by atoms with E-state index in [-0.39, 0.29) is 22.3 Å². The summed E-state index contributed by atoms with van der Waals surface area (Å²) in [4.78, 5) is 0. The molecule has 0 aliphatic heterocycles. The lowest BCUT2D eigenvalue weighted by atomic mass is 10.1. The molecule has 0 aliphatic rings. The van der Waals surface area contributed by atoms with Gasteiger partial charge < -0.3 is 15.9 Å². The molecule has 0 amide bonds. The minimum Gasteiger partial charge on any atom is -0.507 e. The predicted octanol–water partition coefficient (Wildman–Crippen LogP) is 1.29. The van der Waals surface area contributed by atoms with Crippen LogP contribution in [0.25, 0.3) is 0 Å². The Morgan fingerprint density at radius 2 is 2.15 bits per heavy atom. The number of phenolic OH excluding ortho intramolecular Hbond substituents is 1. The molecule has 0 fully saturated rings. The number of hydrogen-bond donors (Lipinski definition) is 3. The number of hydrogen-bond acceptors (Lipinski definition) is 3. The smallest absolute Gasteiger partial charge is 0.130 e. The van der Waals surface area contributed by atoms with Gasteiger partial charge in [-0.25, -0.2) is 4.39 Å². The highest BCUT2D eigenvalue weighted by Gasteiger charge is 2.17. The lowest BCUT2D eigenvalue weighted by Gasteiger charge is -2.12. The first-order valence-corrected chi connectivity index (χ1v) is 4.42. The fourth-order valence-electron chi connectivity index (χ4n) is 0.981. The van der Waals surface area contributed by atoms with Crippen molar-refractivity contribution in [3.05, 3.63) is 28.0 Å². The molecule has 0 saturated heterocycles. The van der Waals surface area contributed by atoms with Crippen LogP contribution in [0.1, 0.15) is 11.7 Å². The highest BCUT2D eigenvalue weighted by atomic mass is 79.9. The van der Waals surface area contributed by atoms with Gasteiger partial charge in [0.2, 0.25) is 0 Å². The van der Waals surface area contributed by atoms with Gasteiger partial charge in [-0.2, -0.15) is 0 Å². The molecular weight excluding hydrogens is 241 g/mol. The molecule has 0 saturated carbocycles. The van der Waals surface area contributed by atoms with Crippen LogP contribution in [0.5, 0.6) is 5.75 Å². The molecule has 0 aliphatic carbocycles. The lowest BCUT2D eigenvalue weighted by Crippen LogP contribution is -2.13. The first-order chi connectivity index (χ1) is 6.07. The number of rotatable bonds is 2. The van der Waals surface area contributed by atoms with Gasteiger partial charge in [-0.3, -0.25) is 0 Å². The van der Waals surface area contributed by atoms with Crippen LogP contribution in [-0.2, 0) is 0 Å². The van der Waals surface area contributed by atoms with Crippen molar-refractivity contribution in [2.45, 2.75) is 6.10 Å². The van der Waals surface area contributed by atoms with E-state index in [1.165, 1.54) is 6.07 Å². The van der Waals surface area contributed by atoms with Crippen molar-refractivity contribution >= 4 is 15.9 Å². The molecule has 0 heterocycles. The Kier molecular flexibility index (Phi) is 3.24. The van der Waals surface area contributed by atoms with Gasteiger partial charge in [-0.05, 0) is 28.1 Å². The van der Waals surface area contributed by atoms with Gasteiger partial charge in [0.15, 0.2) is 0 Å². The highest BCUT2D eigenvalue weighted by Crippen LogP contribution is 2.33. The Morgan fingerprint density at radius 1 is 1.54 bits per heavy atom. The first-order valence-electron chi connectivity index (χ1n) is 3.63. The molecule has 1 rings (SSSR count). The SMILES string of the molecule is NCC(O)c1c(F)ccc(O)c1Br. The van der Waals surface area contributed by atoms with Crippen molar-refractivity contribution in [1.82, 2.24) is 0 Å². The van der Waals surface area contributed by atoms with E-state index in [0.717, 1.165) is 6.07 Å². The maximum absolute atomic E-state index is 13.1. The molecule has 0 radical (unpaired) electrons. The van der Waals surface area contributed by atoms with Crippen LogP contribution in [0.3, 0.4) is 0 Å². The number of aliphatic hydroxyl groups is 1. The average Bonchev–Trinajstić information content (AvgIpc) is 2.12. The van der Waals surface area contributed by atoms with Crippen molar-refractivity contribution < 1.29 is 14.6 Å². The second-order valence-corrected chi connectivity index (χ2v) is 3.34. The van der Waals surface area contributed by atoms with Gasteiger partial charge >= 0.3 is 0 Å². The monoisotopic (exact) mass is 249 g/mol. The van der Waals surface area contributed by atoms with Crippen LogP contribution in [0, 0.1) is 5.82 Å². The second-order valence-electron chi connectivity index (χ2n) is 2.55.